The normalized spacial score (nSPS) is 31.7. The largest absolute Gasteiger partial charge is 0.507 e. The second kappa shape index (κ2) is 14.9. The number of aliphatic hydroxyl groups excluding tert-OH is 5. The molecule has 0 radical (unpaired) electrons. The predicted molar refractivity (Wildman–Crippen MR) is 172 cm³/mol. The quantitative estimate of drug-likeness (QED) is 0.219. The van der Waals surface area contributed by atoms with Gasteiger partial charge in [0.15, 0.2) is 11.6 Å². The molecule has 3 aliphatic rings. The van der Waals surface area contributed by atoms with Crippen molar-refractivity contribution in [2.45, 2.75) is 72.9 Å². The van der Waals surface area contributed by atoms with Crippen molar-refractivity contribution in [3.05, 3.63) is 69.5 Å². The molecule has 0 fully saturated rings. The zero-order valence-corrected chi connectivity index (χ0v) is 27.6. The molecule has 12 heteroatoms. The second-order valence-electron chi connectivity index (χ2n) is 12.8. The molecular formula is C35H45NO11. The highest BCUT2D eigenvalue weighted by Crippen LogP contribution is 2.41. The SMILES string of the molecule is CC1=CC=C[C@H](C)[C@H](O)[C@@H](C)[C@@H](O)[C@@H](C)[C@@H](O)[C@@H](C)[C@@H](O)[C@@H](CO)C=C(C)C(=O)c2c(O)c(C)c(O)c3c2C(=O)C=C(NC1=O)C3=O. The second-order valence-corrected chi connectivity index (χ2v) is 12.8. The number of ketones is 3. The molecule has 4 bridgehead atoms. The minimum atomic E-state index is -1.44. The van der Waals surface area contributed by atoms with E-state index in [1.165, 1.54) is 45.9 Å². The summed E-state index contributed by atoms with van der Waals surface area (Å²) in [7, 11) is 0. The lowest BCUT2D eigenvalue weighted by molar-refractivity contribution is -0.116. The summed E-state index contributed by atoms with van der Waals surface area (Å²) < 4.78 is 0. The van der Waals surface area contributed by atoms with Crippen molar-refractivity contribution in [2.75, 3.05) is 6.61 Å². The van der Waals surface area contributed by atoms with Crippen LogP contribution in [0, 0.1) is 36.5 Å². The fourth-order valence-corrected chi connectivity index (χ4v) is 6.11. The molecule has 1 aliphatic carbocycles. The first-order valence-electron chi connectivity index (χ1n) is 15.5. The van der Waals surface area contributed by atoms with Crippen molar-refractivity contribution in [3.8, 4) is 11.5 Å². The van der Waals surface area contributed by atoms with Crippen molar-refractivity contribution < 1.29 is 54.9 Å². The van der Waals surface area contributed by atoms with E-state index in [0.29, 0.717) is 0 Å². The minimum Gasteiger partial charge on any atom is -0.507 e. The number of phenols is 2. The lowest BCUT2D eigenvalue weighted by atomic mass is 9.76. The Bertz CT molecular complexity index is 1570. The molecule has 2 heterocycles. The van der Waals surface area contributed by atoms with Gasteiger partial charge in [-0.1, -0.05) is 52.0 Å². The summed E-state index contributed by atoms with van der Waals surface area (Å²) in [5.41, 5.74) is -2.50. The van der Waals surface area contributed by atoms with Crippen molar-refractivity contribution in [1.82, 2.24) is 5.32 Å². The number of aromatic hydroxyl groups is 2. The van der Waals surface area contributed by atoms with Crippen LogP contribution in [-0.2, 0) is 4.79 Å². The van der Waals surface area contributed by atoms with Gasteiger partial charge in [0, 0.05) is 46.8 Å². The zero-order chi connectivity index (χ0) is 35.7. The maximum Gasteiger partial charge on any atom is 0.251 e. The van der Waals surface area contributed by atoms with Crippen LogP contribution in [0.5, 0.6) is 11.5 Å². The molecule has 256 valence electrons. The first kappa shape index (κ1) is 37.5. The molecule has 0 unspecified atom stereocenters. The summed E-state index contributed by atoms with van der Waals surface area (Å²) in [6, 6.07) is 0. The van der Waals surface area contributed by atoms with Gasteiger partial charge in [-0.15, -0.1) is 0 Å². The average molecular weight is 656 g/mol. The van der Waals surface area contributed by atoms with Crippen molar-refractivity contribution in [1.29, 1.82) is 0 Å². The molecule has 1 amide bonds. The minimum absolute atomic E-state index is 0.117. The van der Waals surface area contributed by atoms with Crippen LogP contribution < -0.4 is 5.32 Å². The van der Waals surface area contributed by atoms with E-state index in [1.54, 1.807) is 26.8 Å². The Labute approximate surface area is 273 Å². The Morgan fingerprint density at radius 3 is 1.77 bits per heavy atom. The summed E-state index contributed by atoms with van der Waals surface area (Å²) in [5, 5.41) is 78.6. The van der Waals surface area contributed by atoms with E-state index in [-0.39, 0.29) is 16.7 Å². The Morgan fingerprint density at radius 2 is 1.21 bits per heavy atom. The maximum absolute atomic E-state index is 13.8. The van der Waals surface area contributed by atoms with Gasteiger partial charge < -0.3 is 41.1 Å². The third kappa shape index (κ3) is 7.31. The molecule has 0 spiro atoms. The smallest absolute Gasteiger partial charge is 0.251 e. The molecule has 0 aromatic heterocycles. The number of Topliss-reactive ketones (excluding diaryl/α,β-unsaturated/α-hetero) is 2. The maximum atomic E-state index is 13.8. The molecule has 0 saturated carbocycles. The van der Waals surface area contributed by atoms with E-state index in [2.05, 4.69) is 5.32 Å². The van der Waals surface area contributed by atoms with E-state index in [4.69, 9.17) is 0 Å². The first-order valence-corrected chi connectivity index (χ1v) is 15.5. The van der Waals surface area contributed by atoms with Crippen LogP contribution in [0.15, 0.2) is 47.2 Å². The van der Waals surface area contributed by atoms with E-state index in [0.717, 1.165) is 6.08 Å². The fraction of sp³-hybridized carbons (Fsp3) is 0.486. The highest BCUT2D eigenvalue weighted by atomic mass is 16.3. The lowest BCUT2D eigenvalue weighted by Crippen LogP contribution is -2.46. The predicted octanol–water partition coefficient (Wildman–Crippen LogP) is 2.03. The van der Waals surface area contributed by atoms with Crippen LogP contribution in [0.25, 0.3) is 0 Å². The van der Waals surface area contributed by atoms with Crippen LogP contribution in [-0.4, -0.2) is 90.0 Å². The van der Waals surface area contributed by atoms with Gasteiger partial charge in [-0.3, -0.25) is 19.2 Å². The number of carbonyl (C=O) groups is 4. The van der Waals surface area contributed by atoms with Crippen LogP contribution in [0.4, 0.5) is 0 Å². The van der Waals surface area contributed by atoms with Crippen molar-refractivity contribution in [3.63, 3.8) is 0 Å². The third-order valence-corrected chi connectivity index (χ3v) is 9.51. The number of nitrogens with one attached hydrogen (secondary N) is 1. The molecule has 1 aromatic carbocycles. The Morgan fingerprint density at radius 1 is 0.702 bits per heavy atom. The zero-order valence-electron chi connectivity index (χ0n) is 27.6. The Kier molecular flexibility index (Phi) is 11.9. The number of hydrogen-bond acceptors (Lipinski definition) is 11. The Hall–Kier alpha value is -3.94. The van der Waals surface area contributed by atoms with Crippen LogP contribution in [0.3, 0.4) is 0 Å². The van der Waals surface area contributed by atoms with Gasteiger partial charge in [-0.25, -0.2) is 0 Å². The summed E-state index contributed by atoms with van der Waals surface area (Å²) >= 11 is 0. The van der Waals surface area contributed by atoms with Gasteiger partial charge in [0.2, 0.25) is 5.78 Å². The monoisotopic (exact) mass is 655 g/mol. The molecule has 47 heavy (non-hydrogen) atoms. The van der Waals surface area contributed by atoms with E-state index in [1.807, 2.05) is 0 Å². The molecule has 4 rings (SSSR count). The molecular weight excluding hydrogens is 610 g/mol. The van der Waals surface area contributed by atoms with E-state index < -0.39 is 118 Å². The van der Waals surface area contributed by atoms with Gasteiger partial charge in [0.05, 0.1) is 53.4 Å². The molecule has 0 saturated heterocycles. The molecule has 12 nitrogen and oxygen atoms in total. The van der Waals surface area contributed by atoms with E-state index in [9.17, 15) is 54.9 Å². The van der Waals surface area contributed by atoms with Gasteiger partial charge in [0.1, 0.15) is 11.5 Å². The fourth-order valence-electron chi connectivity index (χ4n) is 6.11. The molecule has 9 atom stereocenters. The number of carbonyl (C=O) groups excluding carboxylic acids is 4. The summed E-state index contributed by atoms with van der Waals surface area (Å²) in [4.78, 5) is 53.6. The van der Waals surface area contributed by atoms with Crippen LogP contribution in [0.1, 0.15) is 78.2 Å². The topological polar surface area (TPSA) is 222 Å². The Balaban J connectivity index is 2.23. The number of rotatable bonds is 1. The number of fused-ring (bicyclic) bond motifs is 15. The summed E-state index contributed by atoms with van der Waals surface area (Å²) in [6.07, 6.45) is 1.49. The number of hydrogen-bond donors (Lipinski definition) is 8. The molecule has 2 aliphatic heterocycles. The van der Waals surface area contributed by atoms with Gasteiger partial charge in [0.25, 0.3) is 5.91 Å². The number of allylic oxidation sites excluding steroid dienone is 5. The molecule has 8 N–H and O–H groups in total. The number of phenolic OH excluding ortho intramolecular Hbond substituents is 2. The number of aliphatic hydroxyl groups is 5. The van der Waals surface area contributed by atoms with Crippen LogP contribution in [0.2, 0.25) is 0 Å². The number of benzene rings is 1. The standard InChI is InChI=1S/C35H45NO11/c1-14-9-8-10-15(2)35(47)36-22-12-23(38)24-25(32(44)20(7)33(45)26(24)34(22)46)28(40)16(3)11-21(13-37)31(43)19(6)30(42)18(5)29(41)17(4)27(14)39/h8-12,14,17-19,21,27,29-31,37,39,41-45H,13H2,1-7H3,(H,36,47)/t14-,17+,18+,19+,21+,27-,29+,30+,31+/m0/s1. The highest BCUT2D eigenvalue weighted by Gasteiger charge is 2.40. The lowest BCUT2D eigenvalue weighted by Gasteiger charge is -2.37. The van der Waals surface area contributed by atoms with Gasteiger partial charge in [-0.05, 0) is 26.3 Å². The third-order valence-electron chi connectivity index (χ3n) is 9.51. The molecule has 1 aromatic rings. The summed E-state index contributed by atoms with van der Waals surface area (Å²) in [5.74, 6) is -9.29. The summed E-state index contributed by atoms with van der Waals surface area (Å²) in [6.45, 7) is 9.69. The van der Waals surface area contributed by atoms with Gasteiger partial charge >= 0.3 is 0 Å². The van der Waals surface area contributed by atoms with Crippen molar-refractivity contribution in [2.24, 2.45) is 29.6 Å². The number of amides is 1. The highest BCUT2D eigenvalue weighted by molar-refractivity contribution is 6.31. The van der Waals surface area contributed by atoms with Crippen molar-refractivity contribution >= 4 is 23.3 Å². The van der Waals surface area contributed by atoms with Crippen LogP contribution >= 0.6 is 0 Å². The first-order chi connectivity index (χ1) is 21.9. The van der Waals surface area contributed by atoms with E-state index >= 15 is 0 Å². The van der Waals surface area contributed by atoms with Gasteiger partial charge in [-0.2, -0.15) is 0 Å². The average Bonchev–Trinajstić information content (AvgIpc) is 3.04.